The summed E-state index contributed by atoms with van der Waals surface area (Å²) in [5.41, 5.74) is 6.36. The van der Waals surface area contributed by atoms with E-state index in [2.05, 4.69) is 6.92 Å². The quantitative estimate of drug-likeness (QED) is 0.709. The first-order valence-electron chi connectivity index (χ1n) is 5.83. The monoisotopic (exact) mass is 237 g/mol. The fraction of sp³-hybridized carbons (Fsp3) is 0.462. The summed E-state index contributed by atoms with van der Waals surface area (Å²) in [5.74, 6) is -0.212. The Balaban J connectivity index is 2.56. The smallest absolute Gasteiger partial charge is 0.320 e. The summed E-state index contributed by atoms with van der Waals surface area (Å²) >= 11 is 0. The van der Waals surface area contributed by atoms with Gasteiger partial charge in [-0.1, -0.05) is 25.5 Å². The Morgan fingerprint density at radius 3 is 2.94 bits per heavy atom. The van der Waals surface area contributed by atoms with E-state index >= 15 is 0 Å². The zero-order chi connectivity index (χ0) is 12.7. The van der Waals surface area contributed by atoms with E-state index in [1.807, 2.05) is 24.3 Å². The molecule has 94 valence electrons. The predicted molar refractivity (Wildman–Crippen MR) is 66.2 cm³/mol. The van der Waals surface area contributed by atoms with Crippen molar-refractivity contribution < 1.29 is 14.6 Å². The number of hydrogen-bond donors (Lipinski definition) is 2. The Morgan fingerprint density at radius 1 is 1.53 bits per heavy atom. The minimum absolute atomic E-state index is 0.320. The molecular weight excluding hydrogens is 218 g/mol. The summed E-state index contributed by atoms with van der Waals surface area (Å²) in [5, 5.41) is 8.73. The van der Waals surface area contributed by atoms with E-state index < -0.39 is 12.0 Å². The molecule has 3 N–H and O–H groups in total. The average molecular weight is 237 g/mol. The van der Waals surface area contributed by atoms with E-state index in [0.717, 1.165) is 24.2 Å². The molecule has 1 rings (SSSR count). The van der Waals surface area contributed by atoms with Crippen molar-refractivity contribution in [3.63, 3.8) is 0 Å². The number of rotatable bonds is 7. The summed E-state index contributed by atoms with van der Waals surface area (Å²) < 4.78 is 5.54. The number of unbranched alkanes of at least 4 members (excludes halogenated alkanes) is 1. The highest BCUT2D eigenvalue weighted by Crippen LogP contribution is 2.15. The van der Waals surface area contributed by atoms with Crippen LogP contribution in [0.4, 0.5) is 0 Å². The van der Waals surface area contributed by atoms with Crippen LogP contribution in [0.15, 0.2) is 24.3 Å². The first kappa shape index (κ1) is 13.5. The first-order valence-corrected chi connectivity index (χ1v) is 5.83. The molecular formula is C13H19NO3. The van der Waals surface area contributed by atoms with E-state index in [-0.39, 0.29) is 0 Å². The molecule has 0 saturated carbocycles. The third-order valence-electron chi connectivity index (χ3n) is 2.44. The number of benzene rings is 1. The molecule has 0 bridgehead atoms. The van der Waals surface area contributed by atoms with E-state index in [9.17, 15) is 4.79 Å². The van der Waals surface area contributed by atoms with Crippen molar-refractivity contribution in [3.05, 3.63) is 29.8 Å². The number of nitrogens with two attached hydrogens (primary N) is 1. The highest BCUT2D eigenvalue weighted by Gasteiger charge is 2.12. The van der Waals surface area contributed by atoms with Gasteiger partial charge in [0.15, 0.2) is 0 Å². The molecule has 0 fully saturated rings. The molecule has 0 aliphatic carbocycles. The fourth-order valence-electron chi connectivity index (χ4n) is 1.44. The topological polar surface area (TPSA) is 72.5 Å². The summed E-state index contributed by atoms with van der Waals surface area (Å²) in [6.07, 6.45) is 2.42. The largest absolute Gasteiger partial charge is 0.494 e. The van der Waals surface area contributed by atoms with Crippen molar-refractivity contribution in [1.82, 2.24) is 0 Å². The van der Waals surface area contributed by atoms with Crippen LogP contribution in [0.3, 0.4) is 0 Å². The van der Waals surface area contributed by atoms with Gasteiger partial charge in [0.25, 0.3) is 0 Å². The van der Waals surface area contributed by atoms with Crippen LogP contribution in [0.2, 0.25) is 0 Å². The summed E-state index contributed by atoms with van der Waals surface area (Å²) in [4.78, 5) is 10.6. The Bertz CT molecular complexity index is 365. The molecule has 0 aliphatic heterocycles. The van der Waals surface area contributed by atoms with E-state index in [1.165, 1.54) is 0 Å². The highest BCUT2D eigenvalue weighted by molar-refractivity contribution is 5.73. The van der Waals surface area contributed by atoms with E-state index in [0.29, 0.717) is 13.0 Å². The van der Waals surface area contributed by atoms with Gasteiger partial charge in [-0.05, 0) is 30.5 Å². The van der Waals surface area contributed by atoms with Crippen LogP contribution in [0.1, 0.15) is 25.3 Å². The van der Waals surface area contributed by atoms with Gasteiger partial charge >= 0.3 is 5.97 Å². The molecule has 0 aromatic heterocycles. The van der Waals surface area contributed by atoms with Crippen LogP contribution in [-0.4, -0.2) is 23.7 Å². The van der Waals surface area contributed by atoms with Gasteiger partial charge in [-0.3, -0.25) is 4.79 Å². The average Bonchev–Trinajstić information content (AvgIpc) is 2.30. The normalized spacial score (nSPS) is 12.1. The molecule has 0 aliphatic rings. The molecule has 4 nitrogen and oxygen atoms in total. The van der Waals surface area contributed by atoms with Crippen molar-refractivity contribution in [1.29, 1.82) is 0 Å². The second-order valence-electron chi connectivity index (χ2n) is 4.00. The van der Waals surface area contributed by atoms with Gasteiger partial charge in [0, 0.05) is 0 Å². The number of hydrogen-bond acceptors (Lipinski definition) is 3. The molecule has 1 aromatic rings. The zero-order valence-corrected chi connectivity index (χ0v) is 10.1. The number of aliphatic carboxylic acids is 1. The van der Waals surface area contributed by atoms with E-state index in [4.69, 9.17) is 15.6 Å². The number of carboxylic acids is 1. The lowest BCUT2D eigenvalue weighted by atomic mass is 10.1. The molecule has 4 heteroatoms. The molecule has 0 saturated heterocycles. The van der Waals surface area contributed by atoms with Gasteiger partial charge in [-0.25, -0.2) is 0 Å². The molecule has 1 atom stereocenters. The van der Waals surface area contributed by atoms with Crippen LogP contribution in [-0.2, 0) is 11.2 Å². The number of ether oxygens (including phenoxy) is 1. The standard InChI is InChI=1S/C13H19NO3/c1-2-3-7-17-11-6-4-5-10(8-11)9-12(14)13(15)16/h4-6,8,12H,2-3,7,9,14H2,1H3,(H,15,16)/t12-/m0/s1. The van der Waals surface area contributed by atoms with Gasteiger partial charge in [0.05, 0.1) is 6.61 Å². The summed E-state index contributed by atoms with van der Waals surface area (Å²) in [6.45, 7) is 2.79. The molecule has 0 radical (unpaired) electrons. The molecule has 0 amide bonds. The minimum atomic E-state index is -0.984. The van der Waals surface area contributed by atoms with Crippen LogP contribution in [0.5, 0.6) is 5.75 Å². The van der Waals surface area contributed by atoms with Crippen LogP contribution >= 0.6 is 0 Å². The lowest BCUT2D eigenvalue weighted by molar-refractivity contribution is -0.138. The number of carboxylic acid groups (broad SMARTS) is 1. The van der Waals surface area contributed by atoms with Crippen molar-refractivity contribution >= 4 is 5.97 Å². The van der Waals surface area contributed by atoms with Gasteiger partial charge in [-0.2, -0.15) is 0 Å². The summed E-state index contributed by atoms with van der Waals surface area (Å²) in [7, 11) is 0. The first-order chi connectivity index (χ1) is 8.13. The van der Waals surface area contributed by atoms with Crippen LogP contribution in [0, 0.1) is 0 Å². The van der Waals surface area contributed by atoms with Crippen molar-refractivity contribution in [3.8, 4) is 5.75 Å². The van der Waals surface area contributed by atoms with Gasteiger partial charge < -0.3 is 15.6 Å². The molecule has 17 heavy (non-hydrogen) atoms. The molecule has 0 spiro atoms. The molecule has 1 aromatic carbocycles. The highest BCUT2D eigenvalue weighted by atomic mass is 16.5. The Hall–Kier alpha value is -1.55. The van der Waals surface area contributed by atoms with Gasteiger partial charge in [0.2, 0.25) is 0 Å². The van der Waals surface area contributed by atoms with Crippen LogP contribution in [0.25, 0.3) is 0 Å². The minimum Gasteiger partial charge on any atom is -0.494 e. The summed E-state index contributed by atoms with van der Waals surface area (Å²) in [6, 6.07) is 6.56. The molecule has 0 heterocycles. The molecule has 0 unspecified atom stereocenters. The maximum Gasteiger partial charge on any atom is 0.320 e. The fourth-order valence-corrected chi connectivity index (χ4v) is 1.44. The van der Waals surface area contributed by atoms with Crippen molar-refractivity contribution in [2.24, 2.45) is 5.73 Å². The van der Waals surface area contributed by atoms with Crippen molar-refractivity contribution in [2.45, 2.75) is 32.2 Å². The van der Waals surface area contributed by atoms with Gasteiger partial charge in [0.1, 0.15) is 11.8 Å². The predicted octanol–water partition coefficient (Wildman–Crippen LogP) is 1.82. The Labute approximate surface area is 101 Å². The third-order valence-corrected chi connectivity index (χ3v) is 2.44. The number of carbonyl (C=O) groups is 1. The second-order valence-corrected chi connectivity index (χ2v) is 4.00. The Morgan fingerprint density at radius 2 is 2.29 bits per heavy atom. The maximum atomic E-state index is 10.6. The van der Waals surface area contributed by atoms with E-state index in [1.54, 1.807) is 0 Å². The maximum absolute atomic E-state index is 10.6. The third kappa shape index (κ3) is 4.87. The lowest BCUT2D eigenvalue weighted by Gasteiger charge is -2.09. The van der Waals surface area contributed by atoms with Crippen molar-refractivity contribution in [2.75, 3.05) is 6.61 Å². The Kier molecular flexibility index (Phi) is 5.49. The zero-order valence-electron chi connectivity index (χ0n) is 10.1. The SMILES string of the molecule is CCCCOc1cccc(C[C@H](N)C(=O)O)c1. The second kappa shape index (κ2) is 6.91. The van der Waals surface area contributed by atoms with Crippen LogP contribution < -0.4 is 10.5 Å². The van der Waals surface area contributed by atoms with Gasteiger partial charge in [-0.15, -0.1) is 0 Å². The lowest BCUT2D eigenvalue weighted by Crippen LogP contribution is -2.32.